The number of halogens is 1. The molecule has 8 nitrogen and oxygen atoms in total. The first-order valence-electron chi connectivity index (χ1n) is 10.0. The van der Waals surface area contributed by atoms with E-state index in [9.17, 15) is 9.18 Å². The van der Waals surface area contributed by atoms with Crippen LogP contribution in [0.4, 0.5) is 10.2 Å². The summed E-state index contributed by atoms with van der Waals surface area (Å²) in [5.41, 5.74) is 2.74. The van der Waals surface area contributed by atoms with E-state index in [1.54, 1.807) is 52.3 Å². The number of nitrogens with one attached hydrogen (secondary N) is 1. The van der Waals surface area contributed by atoms with Crippen LogP contribution < -0.4 is 5.32 Å². The van der Waals surface area contributed by atoms with Crippen molar-refractivity contribution in [2.24, 2.45) is 0 Å². The van der Waals surface area contributed by atoms with Gasteiger partial charge in [0, 0.05) is 29.6 Å². The number of nitrogens with zero attached hydrogens (tertiary/aromatic N) is 5. The second-order valence-electron chi connectivity index (χ2n) is 7.32. The summed E-state index contributed by atoms with van der Waals surface area (Å²) in [7, 11) is 0. The zero-order valence-corrected chi connectivity index (χ0v) is 17.2. The Bertz CT molecular complexity index is 1400. The summed E-state index contributed by atoms with van der Waals surface area (Å²) in [5.74, 6) is 0.500. The molecule has 0 aliphatic heterocycles. The number of rotatable bonds is 6. The molecular formula is C23H19FN6O2. The van der Waals surface area contributed by atoms with Crippen LogP contribution in [-0.2, 0) is 17.9 Å². The van der Waals surface area contributed by atoms with E-state index in [-0.39, 0.29) is 24.8 Å². The number of amides is 1. The molecule has 9 heteroatoms. The van der Waals surface area contributed by atoms with Crippen LogP contribution in [0.3, 0.4) is 0 Å². The van der Waals surface area contributed by atoms with Crippen molar-refractivity contribution in [3.8, 4) is 11.3 Å². The number of benzene rings is 1. The molecule has 0 unspecified atom stereocenters. The number of pyridine rings is 1. The van der Waals surface area contributed by atoms with Crippen LogP contribution in [-0.4, -0.2) is 30.5 Å². The third kappa shape index (κ3) is 3.76. The molecule has 32 heavy (non-hydrogen) atoms. The van der Waals surface area contributed by atoms with Crippen molar-refractivity contribution in [3.63, 3.8) is 0 Å². The fourth-order valence-corrected chi connectivity index (χ4v) is 3.66. The minimum Gasteiger partial charge on any atom is -0.464 e. The van der Waals surface area contributed by atoms with Crippen molar-refractivity contribution < 1.29 is 13.6 Å². The van der Waals surface area contributed by atoms with Crippen molar-refractivity contribution in [2.45, 2.75) is 20.0 Å². The largest absolute Gasteiger partial charge is 0.464 e. The summed E-state index contributed by atoms with van der Waals surface area (Å²) in [5, 5.41) is 12.4. The van der Waals surface area contributed by atoms with Crippen molar-refractivity contribution >= 4 is 22.8 Å². The van der Waals surface area contributed by atoms with Gasteiger partial charge >= 0.3 is 0 Å². The highest BCUT2D eigenvalue weighted by Gasteiger charge is 2.17. The smallest absolute Gasteiger partial charge is 0.247 e. The van der Waals surface area contributed by atoms with E-state index < -0.39 is 0 Å². The zero-order chi connectivity index (χ0) is 22.1. The van der Waals surface area contributed by atoms with E-state index in [1.807, 2.05) is 25.1 Å². The first-order chi connectivity index (χ1) is 15.6. The zero-order valence-electron chi connectivity index (χ0n) is 17.2. The molecule has 1 aromatic carbocycles. The average molecular weight is 430 g/mol. The topological polar surface area (TPSA) is 90.8 Å². The van der Waals surface area contributed by atoms with Gasteiger partial charge in [0.2, 0.25) is 5.91 Å². The minimum absolute atomic E-state index is 0.0286. The van der Waals surface area contributed by atoms with E-state index in [4.69, 9.17) is 4.42 Å². The molecular weight excluding hydrogens is 411 g/mol. The summed E-state index contributed by atoms with van der Waals surface area (Å²) in [6.07, 6.45) is 4.97. The van der Waals surface area contributed by atoms with Crippen LogP contribution in [0, 0.1) is 12.7 Å². The molecule has 1 amide bonds. The summed E-state index contributed by atoms with van der Waals surface area (Å²) in [4.78, 5) is 17.1. The SMILES string of the molecule is Cc1nn(CC(=O)Nc2ccn(Cc3ccccc3F)n2)c2nccc(-c3ccco3)c12. The summed E-state index contributed by atoms with van der Waals surface area (Å²) >= 11 is 0. The second-order valence-corrected chi connectivity index (χ2v) is 7.32. The molecule has 0 aliphatic carbocycles. The molecule has 1 N–H and O–H groups in total. The summed E-state index contributed by atoms with van der Waals surface area (Å²) in [6.45, 7) is 2.11. The number of hydrogen-bond acceptors (Lipinski definition) is 5. The Morgan fingerprint density at radius 2 is 2.00 bits per heavy atom. The Balaban J connectivity index is 1.32. The Kier molecular flexibility index (Phi) is 4.98. The van der Waals surface area contributed by atoms with Gasteiger partial charge in [-0.1, -0.05) is 18.2 Å². The van der Waals surface area contributed by atoms with E-state index in [1.165, 1.54) is 6.07 Å². The lowest BCUT2D eigenvalue weighted by Gasteiger charge is -2.05. The number of fused-ring (bicyclic) bond motifs is 1. The fourth-order valence-electron chi connectivity index (χ4n) is 3.66. The Hall–Kier alpha value is -4.27. The third-order valence-electron chi connectivity index (χ3n) is 5.09. The summed E-state index contributed by atoms with van der Waals surface area (Å²) in [6, 6.07) is 13.7. The lowest BCUT2D eigenvalue weighted by Crippen LogP contribution is -2.20. The number of aromatic nitrogens is 5. The van der Waals surface area contributed by atoms with Crippen LogP contribution in [0.1, 0.15) is 11.3 Å². The molecule has 0 saturated heterocycles. The van der Waals surface area contributed by atoms with Crippen molar-refractivity contribution in [3.05, 3.63) is 84.3 Å². The van der Waals surface area contributed by atoms with Crippen LogP contribution in [0.25, 0.3) is 22.4 Å². The maximum absolute atomic E-state index is 13.9. The maximum atomic E-state index is 13.9. The van der Waals surface area contributed by atoms with Crippen molar-refractivity contribution in [2.75, 3.05) is 5.32 Å². The second kappa shape index (κ2) is 8.10. The van der Waals surface area contributed by atoms with Gasteiger partial charge in [0.25, 0.3) is 0 Å². The first kappa shape index (κ1) is 19.7. The predicted octanol–water partition coefficient (Wildman–Crippen LogP) is 4.02. The molecule has 0 radical (unpaired) electrons. The molecule has 4 aromatic heterocycles. The van der Waals surface area contributed by atoms with E-state index in [2.05, 4.69) is 20.5 Å². The number of furan rings is 1. The van der Waals surface area contributed by atoms with Gasteiger partial charge in [-0.05, 0) is 31.2 Å². The fraction of sp³-hybridized carbons (Fsp3) is 0.130. The van der Waals surface area contributed by atoms with E-state index >= 15 is 0 Å². The molecule has 160 valence electrons. The summed E-state index contributed by atoms with van der Waals surface area (Å²) < 4.78 is 22.5. The Morgan fingerprint density at radius 1 is 1.12 bits per heavy atom. The molecule has 0 atom stereocenters. The minimum atomic E-state index is -0.296. The van der Waals surface area contributed by atoms with Crippen molar-refractivity contribution in [1.29, 1.82) is 0 Å². The highest BCUT2D eigenvalue weighted by molar-refractivity contribution is 5.95. The third-order valence-corrected chi connectivity index (χ3v) is 5.09. The normalized spacial score (nSPS) is 11.2. The van der Waals surface area contributed by atoms with Gasteiger partial charge in [-0.2, -0.15) is 10.2 Å². The van der Waals surface area contributed by atoms with Crippen LogP contribution >= 0.6 is 0 Å². The lowest BCUT2D eigenvalue weighted by atomic mass is 10.1. The average Bonchev–Trinajstić information content (AvgIpc) is 3.52. The van der Waals surface area contributed by atoms with Gasteiger partial charge < -0.3 is 9.73 Å². The van der Waals surface area contributed by atoms with Crippen LogP contribution in [0.15, 0.2) is 71.6 Å². The maximum Gasteiger partial charge on any atom is 0.247 e. The van der Waals surface area contributed by atoms with Gasteiger partial charge in [0.15, 0.2) is 11.5 Å². The first-order valence-corrected chi connectivity index (χ1v) is 10.0. The number of aryl methyl sites for hydroxylation is 1. The van der Waals surface area contributed by atoms with Gasteiger partial charge in [-0.15, -0.1) is 0 Å². The molecule has 0 aliphatic rings. The van der Waals surface area contributed by atoms with E-state index in [0.29, 0.717) is 22.8 Å². The molecule has 0 bridgehead atoms. The number of carbonyl (C=O) groups is 1. The van der Waals surface area contributed by atoms with Gasteiger partial charge in [-0.3, -0.25) is 9.48 Å². The highest BCUT2D eigenvalue weighted by atomic mass is 19.1. The van der Waals surface area contributed by atoms with Gasteiger partial charge in [0.05, 0.1) is 23.9 Å². The lowest BCUT2D eigenvalue weighted by molar-refractivity contribution is -0.116. The molecule has 0 spiro atoms. The predicted molar refractivity (Wildman–Crippen MR) is 116 cm³/mol. The molecule has 4 heterocycles. The van der Waals surface area contributed by atoms with Gasteiger partial charge in [-0.25, -0.2) is 14.1 Å². The molecule has 5 aromatic rings. The Morgan fingerprint density at radius 3 is 2.81 bits per heavy atom. The number of hydrogen-bond donors (Lipinski definition) is 1. The monoisotopic (exact) mass is 430 g/mol. The standard InChI is InChI=1S/C23H19FN6O2/c1-15-22-17(19-7-4-12-32-19)8-10-25-23(22)30(27-15)14-21(31)26-20-9-11-29(28-20)13-16-5-2-3-6-18(16)24/h2-12H,13-14H2,1H3,(H,26,28,31). The van der Waals surface area contributed by atoms with E-state index in [0.717, 1.165) is 16.6 Å². The molecule has 5 rings (SSSR count). The highest BCUT2D eigenvalue weighted by Crippen LogP contribution is 2.30. The quantitative estimate of drug-likeness (QED) is 0.439. The van der Waals surface area contributed by atoms with Crippen LogP contribution in [0.5, 0.6) is 0 Å². The van der Waals surface area contributed by atoms with Crippen molar-refractivity contribution in [1.82, 2.24) is 24.5 Å². The Labute approximate surface area is 182 Å². The van der Waals surface area contributed by atoms with Gasteiger partial charge in [0.1, 0.15) is 18.1 Å². The number of anilines is 1. The van der Waals surface area contributed by atoms with Crippen LogP contribution in [0.2, 0.25) is 0 Å². The number of carbonyl (C=O) groups excluding carboxylic acids is 1. The molecule has 0 saturated carbocycles. The molecule has 0 fully saturated rings.